The standard InChI is InChI=1S/C25H28N2O2/c1-27(2)23(22-11-7-8-12-24(22)29-3)18-26-25(28)17-19-13-15-21(16-14-19)20-9-5-4-6-10-20/h4-16,23H,17-18H2,1-3H3,(H,26,28)/t23-/m1/s1. The van der Waals surface area contributed by atoms with E-state index < -0.39 is 0 Å². The van der Waals surface area contributed by atoms with Crippen molar-refractivity contribution in [2.75, 3.05) is 27.7 Å². The number of rotatable bonds is 8. The summed E-state index contributed by atoms with van der Waals surface area (Å²) in [5.74, 6) is 0.844. The lowest BCUT2D eigenvalue weighted by atomic mass is 10.0. The summed E-state index contributed by atoms with van der Waals surface area (Å²) < 4.78 is 5.49. The molecule has 3 aromatic rings. The number of carbonyl (C=O) groups is 1. The summed E-state index contributed by atoms with van der Waals surface area (Å²) in [7, 11) is 5.68. The summed E-state index contributed by atoms with van der Waals surface area (Å²) in [6.07, 6.45) is 0.362. The minimum Gasteiger partial charge on any atom is -0.496 e. The van der Waals surface area contributed by atoms with Gasteiger partial charge in [0.25, 0.3) is 0 Å². The van der Waals surface area contributed by atoms with Gasteiger partial charge in [-0.3, -0.25) is 4.79 Å². The van der Waals surface area contributed by atoms with Gasteiger partial charge >= 0.3 is 0 Å². The highest BCUT2D eigenvalue weighted by Gasteiger charge is 2.19. The average molecular weight is 389 g/mol. The highest BCUT2D eigenvalue weighted by Crippen LogP contribution is 2.27. The van der Waals surface area contributed by atoms with Gasteiger partial charge in [-0.05, 0) is 36.9 Å². The average Bonchev–Trinajstić information content (AvgIpc) is 2.75. The zero-order chi connectivity index (χ0) is 20.6. The van der Waals surface area contributed by atoms with Crippen LogP contribution in [0.25, 0.3) is 11.1 Å². The number of hydrogen-bond donors (Lipinski definition) is 1. The van der Waals surface area contributed by atoms with Crippen LogP contribution in [0.5, 0.6) is 5.75 Å². The van der Waals surface area contributed by atoms with Gasteiger partial charge in [0.05, 0.1) is 19.6 Å². The van der Waals surface area contributed by atoms with Crippen LogP contribution in [-0.2, 0) is 11.2 Å². The fourth-order valence-electron chi connectivity index (χ4n) is 3.42. The highest BCUT2D eigenvalue weighted by molar-refractivity contribution is 5.79. The van der Waals surface area contributed by atoms with E-state index in [1.807, 2.05) is 68.7 Å². The molecular weight excluding hydrogens is 360 g/mol. The molecule has 0 spiro atoms. The summed E-state index contributed by atoms with van der Waals surface area (Å²) in [5, 5.41) is 3.07. The Morgan fingerprint density at radius 2 is 1.52 bits per heavy atom. The lowest BCUT2D eigenvalue weighted by Crippen LogP contribution is -2.35. The number of methoxy groups -OCH3 is 1. The van der Waals surface area contributed by atoms with E-state index in [2.05, 4.69) is 34.5 Å². The molecule has 0 unspecified atom stereocenters. The Balaban J connectivity index is 1.61. The van der Waals surface area contributed by atoms with Gasteiger partial charge in [0, 0.05) is 12.1 Å². The minimum atomic E-state index is 0.0132. The van der Waals surface area contributed by atoms with Crippen molar-refractivity contribution in [2.45, 2.75) is 12.5 Å². The Labute approximate surface area is 173 Å². The molecule has 0 fully saturated rings. The molecule has 29 heavy (non-hydrogen) atoms. The van der Waals surface area contributed by atoms with E-state index >= 15 is 0 Å². The van der Waals surface area contributed by atoms with Gasteiger partial charge in [0.2, 0.25) is 5.91 Å². The Morgan fingerprint density at radius 3 is 2.17 bits per heavy atom. The number of nitrogens with zero attached hydrogens (tertiary/aromatic N) is 1. The zero-order valence-corrected chi connectivity index (χ0v) is 17.3. The van der Waals surface area contributed by atoms with Crippen molar-refractivity contribution in [2.24, 2.45) is 0 Å². The molecule has 0 saturated carbocycles. The number of amides is 1. The van der Waals surface area contributed by atoms with E-state index in [0.29, 0.717) is 13.0 Å². The Morgan fingerprint density at radius 1 is 0.897 bits per heavy atom. The van der Waals surface area contributed by atoms with Gasteiger partial charge in [0.15, 0.2) is 0 Å². The van der Waals surface area contributed by atoms with E-state index in [9.17, 15) is 4.79 Å². The number of benzene rings is 3. The number of carbonyl (C=O) groups excluding carboxylic acids is 1. The second-order valence-electron chi connectivity index (χ2n) is 7.27. The van der Waals surface area contributed by atoms with E-state index in [1.54, 1.807) is 7.11 Å². The topological polar surface area (TPSA) is 41.6 Å². The van der Waals surface area contributed by atoms with Gasteiger partial charge in [-0.25, -0.2) is 0 Å². The van der Waals surface area contributed by atoms with Crippen molar-refractivity contribution < 1.29 is 9.53 Å². The molecule has 1 N–H and O–H groups in total. The van der Waals surface area contributed by atoms with Crippen molar-refractivity contribution in [3.63, 3.8) is 0 Å². The van der Waals surface area contributed by atoms with Crippen LogP contribution in [0.3, 0.4) is 0 Å². The normalized spacial score (nSPS) is 11.9. The number of ether oxygens (including phenoxy) is 1. The molecular formula is C25H28N2O2. The van der Waals surface area contributed by atoms with Crippen molar-refractivity contribution in [1.29, 1.82) is 0 Å². The maximum Gasteiger partial charge on any atom is 0.224 e. The van der Waals surface area contributed by atoms with Gasteiger partial charge < -0.3 is 15.0 Å². The largest absolute Gasteiger partial charge is 0.496 e. The van der Waals surface area contributed by atoms with E-state index in [-0.39, 0.29) is 11.9 Å². The smallest absolute Gasteiger partial charge is 0.224 e. The molecule has 3 rings (SSSR count). The first-order chi connectivity index (χ1) is 14.1. The predicted octanol–water partition coefficient (Wildman–Crippen LogP) is 4.32. The molecule has 4 heteroatoms. The van der Waals surface area contributed by atoms with Crippen LogP contribution in [-0.4, -0.2) is 38.6 Å². The van der Waals surface area contributed by atoms with Crippen LogP contribution in [0.1, 0.15) is 17.2 Å². The fraction of sp³-hybridized carbons (Fsp3) is 0.240. The van der Waals surface area contributed by atoms with E-state index in [0.717, 1.165) is 22.4 Å². The minimum absolute atomic E-state index is 0.0132. The molecule has 0 aromatic heterocycles. The van der Waals surface area contributed by atoms with Crippen LogP contribution in [0.15, 0.2) is 78.9 Å². The van der Waals surface area contributed by atoms with Crippen LogP contribution >= 0.6 is 0 Å². The summed E-state index contributed by atoms with van der Waals surface area (Å²) >= 11 is 0. The molecule has 0 aliphatic heterocycles. The molecule has 4 nitrogen and oxygen atoms in total. The zero-order valence-electron chi connectivity index (χ0n) is 17.3. The molecule has 1 atom stereocenters. The maximum atomic E-state index is 12.5. The second-order valence-corrected chi connectivity index (χ2v) is 7.27. The highest BCUT2D eigenvalue weighted by atomic mass is 16.5. The summed E-state index contributed by atoms with van der Waals surface area (Å²) in [6.45, 7) is 0.522. The number of nitrogens with one attached hydrogen (secondary N) is 1. The predicted molar refractivity (Wildman–Crippen MR) is 118 cm³/mol. The van der Waals surface area contributed by atoms with Crippen molar-refractivity contribution in [1.82, 2.24) is 10.2 Å². The molecule has 0 saturated heterocycles. The maximum absolute atomic E-state index is 12.5. The van der Waals surface area contributed by atoms with Crippen molar-refractivity contribution in [3.8, 4) is 16.9 Å². The first-order valence-electron chi connectivity index (χ1n) is 9.79. The Bertz CT molecular complexity index is 921. The molecule has 0 radical (unpaired) electrons. The molecule has 0 aliphatic rings. The lowest BCUT2D eigenvalue weighted by Gasteiger charge is -2.26. The first kappa shape index (κ1) is 20.6. The van der Waals surface area contributed by atoms with Crippen molar-refractivity contribution in [3.05, 3.63) is 90.0 Å². The third-order valence-corrected chi connectivity index (χ3v) is 5.04. The number of para-hydroxylation sites is 1. The van der Waals surface area contributed by atoms with Crippen LogP contribution in [0.4, 0.5) is 0 Å². The van der Waals surface area contributed by atoms with Crippen LogP contribution in [0.2, 0.25) is 0 Å². The lowest BCUT2D eigenvalue weighted by molar-refractivity contribution is -0.120. The van der Waals surface area contributed by atoms with Gasteiger partial charge in [0.1, 0.15) is 5.75 Å². The van der Waals surface area contributed by atoms with E-state index in [1.165, 1.54) is 5.56 Å². The summed E-state index contributed by atoms with van der Waals surface area (Å²) in [6, 6.07) is 26.4. The molecule has 0 bridgehead atoms. The number of hydrogen-bond acceptors (Lipinski definition) is 3. The van der Waals surface area contributed by atoms with Gasteiger partial charge in [-0.1, -0.05) is 72.8 Å². The van der Waals surface area contributed by atoms with Crippen LogP contribution < -0.4 is 10.1 Å². The molecule has 3 aromatic carbocycles. The third kappa shape index (κ3) is 5.46. The first-order valence-corrected chi connectivity index (χ1v) is 9.79. The number of likely N-dealkylation sites (N-methyl/N-ethyl adjacent to an activating group) is 1. The van der Waals surface area contributed by atoms with Crippen LogP contribution in [0, 0.1) is 0 Å². The van der Waals surface area contributed by atoms with E-state index in [4.69, 9.17) is 4.74 Å². The second kappa shape index (κ2) is 9.89. The SMILES string of the molecule is COc1ccccc1[C@@H](CNC(=O)Cc1ccc(-c2ccccc2)cc1)N(C)C. The Hall–Kier alpha value is -3.11. The van der Waals surface area contributed by atoms with Gasteiger partial charge in [-0.2, -0.15) is 0 Å². The quantitative estimate of drug-likeness (QED) is 0.625. The van der Waals surface area contributed by atoms with Gasteiger partial charge in [-0.15, -0.1) is 0 Å². The molecule has 150 valence electrons. The third-order valence-electron chi connectivity index (χ3n) is 5.04. The molecule has 1 amide bonds. The molecule has 0 heterocycles. The monoisotopic (exact) mass is 388 g/mol. The Kier molecular flexibility index (Phi) is 7.04. The summed E-state index contributed by atoms with van der Waals surface area (Å²) in [5.41, 5.74) is 4.39. The summed E-state index contributed by atoms with van der Waals surface area (Å²) in [4.78, 5) is 14.6. The fourth-order valence-corrected chi connectivity index (χ4v) is 3.42. The molecule has 0 aliphatic carbocycles. The van der Waals surface area contributed by atoms with Crippen molar-refractivity contribution >= 4 is 5.91 Å².